The van der Waals surface area contributed by atoms with E-state index in [0.717, 1.165) is 35.3 Å². The molecule has 2 amide bonds. The molecule has 1 atom stereocenters. The number of aryl methyl sites for hydroxylation is 1. The molecule has 4 rings (SSSR count). The van der Waals surface area contributed by atoms with Gasteiger partial charge in [-0.1, -0.05) is 24.3 Å². The molecule has 2 aromatic rings. The first kappa shape index (κ1) is 13.1. The van der Waals surface area contributed by atoms with Crippen LogP contribution in [0, 0.1) is 0 Å². The van der Waals surface area contributed by atoms with E-state index in [0.29, 0.717) is 6.42 Å². The van der Waals surface area contributed by atoms with Crippen LogP contribution in [0.25, 0.3) is 0 Å². The third-order valence-electron chi connectivity index (χ3n) is 4.45. The third kappa shape index (κ3) is 2.17. The van der Waals surface area contributed by atoms with Gasteiger partial charge in [0.2, 0.25) is 11.8 Å². The number of benzene rings is 2. The summed E-state index contributed by atoms with van der Waals surface area (Å²) in [5, 5.41) is 5.79. The van der Waals surface area contributed by atoms with Crippen molar-refractivity contribution >= 4 is 23.2 Å². The van der Waals surface area contributed by atoms with Gasteiger partial charge in [0.25, 0.3) is 0 Å². The first-order valence-electron chi connectivity index (χ1n) is 7.52. The molecule has 0 spiro atoms. The van der Waals surface area contributed by atoms with E-state index < -0.39 is 0 Å². The molecule has 4 heteroatoms. The number of carbonyl (C=O) groups excluding carboxylic acids is 2. The highest BCUT2D eigenvalue weighted by atomic mass is 16.2. The van der Waals surface area contributed by atoms with Crippen LogP contribution in [0.2, 0.25) is 0 Å². The van der Waals surface area contributed by atoms with Crippen molar-refractivity contribution in [3.05, 3.63) is 59.2 Å². The Labute approximate surface area is 128 Å². The fourth-order valence-corrected chi connectivity index (χ4v) is 3.37. The highest BCUT2D eigenvalue weighted by Gasteiger charge is 2.28. The summed E-state index contributed by atoms with van der Waals surface area (Å²) in [4.78, 5) is 23.9. The standard InChI is InChI=1S/C18H16N2O2/c21-17-10-12-9-13(6-8-16(12)20-17)19-18(22)15-7-5-11-3-1-2-4-14(11)15/h1-4,6,8-9,15H,5,7,10H2,(H,19,22)(H,20,21). The van der Waals surface area contributed by atoms with Gasteiger partial charge in [0, 0.05) is 11.4 Å². The van der Waals surface area contributed by atoms with Gasteiger partial charge >= 0.3 is 0 Å². The number of anilines is 2. The fourth-order valence-electron chi connectivity index (χ4n) is 3.37. The second kappa shape index (κ2) is 4.98. The van der Waals surface area contributed by atoms with E-state index in [1.54, 1.807) is 0 Å². The van der Waals surface area contributed by atoms with E-state index in [-0.39, 0.29) is 17.7 Å². The molecule has 1 unspecified atom stereocenters. The van der Waals surface area contributed by atoms with Gasteiger partial charge in [-0.05, 0) is 47.7 Å². The minimum Gasteiger partial charge on any atom is -0.326 e. The molecule has 2 aromatic carbocycles. The van der Waals surface area contributed by atoms with Crippen molar-refractivity contribution < 1.29 is 9.59 Å². The molecule has 0 radical (unpaired) electrons. The molecular formula is C18H16N2O2. The van der Waals surface area contributed by atoms with Crippen LogP contribution in [-0.2, 0) is 22.4 Å². The Kier molecular flexibility index (Phi) is 2.96. The number of fused-ring (bicyclic) bond motifs is 2. The fraction of sp³-hybridized carbons (Fsp3) is 0.222. The molecular weight excluding hydrogens is 276 g/mol. The average molecular weight is 292 g/mol. The van der Waals surface area contributed by atoms with E-state index in [4.69, 9.17) is 0 Å². The molecule has 1 heterocycles. The topological polar surface area (TPSA) is 58.2 Å². The van der Waals surface area contributed by atoms with E-state index in [9.17, 15) is 9.59 Å². The quantitative estimate of drug-likeness (QED) is 0.894. The lowest BCUT2D eigenvalue weighted by molar-refractivity contribution is -0.117. The second-order valence-corrected chi connectivity index (χ2v) is 5.88. The van der Waals surface area contributed by atoms with Crippen molar-refractivity contribution in [2.75, 3.05) is 10.6 Å². The van der Waals surface area contributed by atoms with Crippen LogP contribution >= 0.6 is 0 Å². The molecule has 0 saturated carbocycles. The van der Waals surface area contributed by atoms with Crippen LogP contribution in [0.1, 0.15) is 29.0 Å². The predicted molar refractivity (Wildman–Crippen MR) is 84.9 cm³/mol. The molecule has 1 aliphatic carbocycles. The lowest BCUT2D eigenvalue weighted by Gasteiger charge is -2.13. The van der Waals surface area contributed by atoms with Crippen LogP contribution in [0.4, 0.5) is 11.4 Å². The summed E-state index contributed by atoms with van der Waals surface area (Å²) in [5.41, 5.74) is 4.94. The maximum atomic E-state index is 12.5. The molecule has 0 saturated heterocycles. The lowest BCUT2D eigenvalue weighted by Crippen LogP contribution is -2.19. The van der Waals surface area contributed by atoms with E-state index in [1.165, 1.54) is 5.56 Å². The van der Waals surface area contributed by atoms with Crippen molar-refractivity contribution in [2.45, 2.75) is 25.2 Å². The van der Waals surface area contributed by atoms with Crippen LogP contribution < -0.4 is 10.6 Å². The maximum Gasteiger partial charge on any atom is 0.231 e. The van der Waals surface area contributed by atoms with Crippen molar-refractivity contribution in [3.63, 3.8) is 0 Å². The summed E-state index contributed by atoms with van der Waals surface area (Å²) in [7, 11) is 0. The molecule has 2 N–H and O–H groups in total. The summed E-state index contributed by atoms with van der Waals surface area (Å²) >= 11 is 0. The zero-order chi connectivity index (χ0) is 15.1. The Morgan fingerprint density at radius 2 is 2.00 bits per heavy atom. The lowest BCUT2D eigenvalue weighted by atomic mass is 10.0. The summed E-state index contributed by atoms with van der Waals surface area (Å²) in [6.07, 6.45) is 2.19. The van der Waals surface area contributed by atoms with Gasteiger partial charge in [-0.15, -0.1) is 0 Å². The van der Waals surface area contributed by atoms with Crippen LogP contribution in [0.3, 0.4) is 0 Å². The molecule has 0 aromatic heterocycles. The predicted octanol–water partition coefficient (Wildman–Crippen LogP) is 2.85. The van der Waals surface area contributed by atoms with Crippen LogP contribution in [0.15, 0.2) is 42.5 Å². The maximum absolute atomic E-state index is 12.5. The SMILES string of the molecule is O=C1Cc2cc(NC(=O)C3CCc4ccccc43)ccc2N1. The Hall–Kier alpha value is -2.62. The van der Waals surface area contributed by atoms with Gasteiger partial charge in [0.15, 0.2) is 0 Å². The van der Waals surface area contributed by atoms with Gasteiger partial charge in [-0.2, -0.15) is 0 Å². The highest BCUT2D eigenvalue weighted by molar-refractivity contribution is 6.01. The smallest absolute Gasteiger partial charge is 0.231 e. The number of hydrogen-bond acceptors (Lipinski definition) is 2. The minimum atomic E-state index is -0.0794. The Morgan fingerprint density at radius 1 is 1.14 bits per heavy atom. The van der Waals surface area contributed by atoms with E-state index in [1.807, 2.05) is 36.4 Å². The van der Waals surface area contributed by atoms with Crippen LogP contribution in [0.5, 0.6) is 0 Å². The summed E-state index contributed by atoms with van der Waals surface area (Å²) in [6.45, 7) is 0. The first-order chi connectivity index (χ1) is 10.7. The summed E-state index contributed by atoms with van der Waals surface area (Å²) in [5.74, 6) is -0.0467. The van der Waals surface area contributed by atoms with Gasteiger partial charge in [-0.25, -0.2) is 0 Å². The number of hydrogen-bond donors (Lipinski definition) is 2. The Balaban J connectivity index is 1.54. The highest BCUT2D eigenvalue weighted by Crippen LogP contribution is 2.34. The molecule has 4 nitrogen and oxygen atoms in total. The molecule has 110 valence electrons. The summed E-state index contributed by atoms with van der Waals surface area (Å²) in [6, 6.07) is 13.7. The number of amides is 2. The third-order valence-corrected chi connectivity index (χ3v) is 4.45. The normalized spacial score (nSPS) is 18.5. The van der Waals surface area contributed by atoms with Gasteiger partial charge < -0.3 is 10.6 Å². The Morgan fingerprint density at radius 3 is 2.91 bits per heavy atom. The largest absolute Gasteiger partial charge is 0.326 e. The van der Waals surface area contributed by atoms with Gasteiger partial charge in [0.1, 0.15) is 0 Å². The summed E-state index contributed by atoms with van der Waals surface area (Å²) < 4.78 is 0. The van der Waals surface area contributed by atoms with E-state index >= 15 is 0 Å². The number of rotatable bonds is 2. The van der Waals surface area contributed by atoms with Crippen LogP contribution in [-0.4, -0.2) is 11.8 Å². The number of carbonyl (C=O) groups is 2. The molecule has 22 heavy (non-hydrogen) atoms. The van der Waals surface area contributed by atoms with Crippen molar-refractivity contribution in [1.82, 2.24) is 0 Å². The zero-order valence-electron chi connectivity index (χ0n) is 12.1. The molecule has 0 fully saturated rings. The van der Waals surface area contributed by atoms with E-state index in [2.05, 4.69) is 16.7 Å². The monoisotopic (exact) mass is 292 g/mol. The number of nitrogens with one attached hydrogen (secondary N) is 2. The van der Waals surface area contributed by atoms with Crippen molar-refractivity contribution in [3.8, 4) is 0 Å². The van der Waals surface area contributed by atoms with Crippen molar-refractivity contribution in [1.29, 1.82) is 0 Å². The minimum absolute atomic E-state index is 0.00296. The van der Waals surface area contributed by atoms with Gasteiger partial charge in [-0.3, -0.25) is 9.59 Å². The zero-order valence-corrected chi connectivity index (χ0v) is 12.1. The average Bonchev–Trinajstić information content (AvgIpc) is 3.09. The first-order valence-corrected chi connectivity index (χ1v) is 7.52. The van der Waals surface area contributed by atoms with Gasteiger partial charge in [0.05, 0.1) is 12.3 Å². The molecule has 2 aliphatic rings. The Bertz CT molecular complexity index is 782. The molecule has 0 bridgehead atoms. The molecule has 1 aliphatic heterocycles. The second-order valence-electron chi connectivity index (χ2n) is 5.88. The van der Waals surface area contributed by atoms with Crippen molar-refractivity contribution in [2.24, 2.45) is 0 Å².